The molecular formula is C23H27N3O3S. The lowest BCUT2D eigenvalue weighted by Crippen LogP contribution is -2.43. The van der Waals surface area contributed by atoms with Crippen molar-refractivity contribution in [3.8, 4) is 5.75 Å². The molecule has 0 spiro atoms. The van der Waals surface area contributed by atoms with E-state index in [-0.39, 0.29) is 5.91 Å². The molecule has 30 heavy (non-hydrogen) atoms. The van der Waals surface area contributed by atoms with E-state index in [1.165, 1.54) is 11.3 Å². The first-order valence-corrected chi connectivity index (χ1v) is 11.0. The average Bonchev–Trinajstić information content (AvgIpc) is 3.17. The van der Waals surface area contributed by atoms with Crippen LogP contribution in [-0.4, -0.2) is 62.3 Å². The summed E-state index contributed by atoms with van der Waals surface area (Å²) >= 11 is 1.54. The third-order valence-electron chi connectivity index (χ3n) is 5.42. The Hall–Kier alpha value is -2.48. The Kier molecular flexibility index (Phi) is 6.32. The van der Waals surface area contributed by atoms with Crippen molar-refractivity contribution in [2.45, 2.75) is 13.8 Å². The zero-order chi connectivity index (χ0) is 21.1. The Bertz CT molecular complexity index is 1040. The van der Waals surface area contributed by atoms with Crippen molar-refractivity contribution >= 4 is 32.6 Å². The van der Waals surface area contributed by atoms with Gasteiger partial charge < -0.3 is 9.47 Å². The highest BCUT2D eigenvalue weighted by atomic mass is 32.1. The van der Waals surface area contributed by atoms with Gasteiger partial charge in [0.05, 0.1) is 30.5 Å². The van der Waals surface area contributed by atoms with Crippen molar-refractivity contribution < 1.29 is 14.3 Å². The summed E-state index contributed by atoms with van der Waals surface area (Å²) < 4.78 is 11.8. The van der Waals surface area contributed by atoms with Crippen molar-refractivity contribution in [2.24, 2.45) is 0 Å². The van der Waals surface area contributed by atoms with Gasteiger partial charge in [-0.3, -0.25) is 14.6 Å². The summed E-state index contributed by atoms with van der Waals surface area (Å²) in [5, 5.41) is 0.719. The molecule has 2 aromatic carbocycles. The lowest BCUT2D eigenvalue weighted by Gasteiger charge is -2.29. The molecule has 158 valence electrons. The number of thiazole rings is 1. The number of methoxy groups -OCH3 is 1. The van der Waals surface area contributed by atoms with E-state index < -0.39 is 0 Å². The minimum Gasteiger partial charge on any atom is -0.497 e. The second-order valence-electron chi connectivity index (χ2n) is 7.56. The fourth-order valence-corrected chi connectivity index (χ4v) is 4.66. The van der Waals surface area contributed by atoms with Crippen LogP contribution in [0.2, 0.25) is 0 Å². The molecule has 1 aliphatic rings. The molecule has 1 fully saturated rings. The number of ether oxygens (including phenoxy) is 2. The normalized spacial score (nSPS) is 14.8. The number of nitrogens with zero attached hydrogens (tertiary/aromatic N) is 3. The van der Waals surface area contributed by atoms with Gasteiger partial charge in [0.1, 0.15) is 5.75 Å². The number of amides is 1. The molecule has 1 saturated heterocycles. The van der Waals surface area contributed by atoms with Crippen LogP contribution in [0.5, 0.6) is 5.75 Å². The Morgan fingerprint density at radius 2 is 2.00 bits per heavy atom. The van der Waals surface area contributed by atoms with Crippen molar-refractivity contribution in [3.05, 3.63) is 53.1 Å². The summed E-state index contributed by atoms with van der Waals surface area (Å²) in [6, 6.07) is 11.8. The number of carbonyl (C=O) groups is 1. The van der Waals surface area contributed by atoms with E-state index in [1.807, 2.05) is 49.1 Å². The third-order valence-corrected chi connectivity index (χ3v) is 6.47. The molecule has 0 radical (unpaired) electrons. The minimum absolute atomic E-state index is 0.00761. The summed E-state index contributed by atoms with van der Waals surface area (Å²) in [5.41, 5.74) is 3.70. The molecule has 1 amide bonds. The topological polar surface area (TPSA) is 54.9 Å². The molecule has 0 bridgehead atoms. The molecule has 4 rings (SSSR count). The fourth-order valence-electron chi connectivity index (χ4n) is 3.69. The van der Waals surface area contributed by atoms with Crippen molar-refractivity contribution in [3.63, 3.8) is 0 Å². The molecule has 1 aromatic heterocycles. The van der Waals surface area contributed by atoms with E-state index in [0.717, 1.165) is 70.6 Å². The summed E-state index contributed by atoms with van der Waals surface area (Å²) in [6.45, 7) is 8.67. The fraction of sp³-hybridized carbons (Fsp3) is 0.391. The van der Waals surface area contributed by atoms with Crippen molar-refractivity contribution in [1.82, 2.24) is 9.88 Å². The summed E-state index contributed by atoms with van der Waals surface area (Å²) in [4.78, 5) is 22.5. The first-order chi connectivity index (χ1) is 14.5. The van der Waals surface area contributed by atoms with E-state index in [2.05, 4.69) is 11.0 Å². The van der Waals surface area contributed by atoms with Gasteiger partial charge in [-0.25, -0.2) is 4.98 Å². The molecule has 0 saturated carbocycles. The Balaban J connectivity index is 1.66. The van der Waals surface area contributed by atoms with E-state index >= 15 is 0 Å². The number of aryl methyl sites for hydroxylation is 2. The highest BCUT2D eigenvalue weighted by molar-refractivity contribution is 7.22. The molecule has 0 atom stereocenters. The lowest BCUT2D eigenvalue weighted by atomic mass is 10.0. The molecule has 2 heterocycles. The number of hydrogen-bond donors (Lipinski definition) is 0. The van der Waals surface area contributed by atoms with Crippen LogP contribution in [0.25, 0.3) is 10.2 Å². The first-order valence-electron chi connectivity index (χ1n) is 10.2. The number of benzene rings is 2. The highest BCUT2D eigenvalue weighted by Crippen LogP contribution is 2.32. The molecule has 7 heteroatoms. The highest BCUT2D eigenvalue weighted by Gasteiger charge is 2.24. The van der Waals surface area contributed by atoms with Gasteiger partial charge in [0.2, 0.25) is 0 Å². The zero-order valence-corrected chi connectivity index (χ0v) is 18.5. The van der Waals surface area contributed by atoms with E-state index in [9.17, 15) is 4.79 Å². The molecule has 6 nitrogen and oxygen atoms in total. The van der Waals surface area contributed by atoms with E-state index in [4.69, 9.17) is 14.5 Å². The lowest BCUT2D eigenvalue weighted by molar-refractivity contribution is 0.0391. The number of rotatable bonds is 6. The Morgan fingerprint density at radius 1 is 1.20 bits per heavy atom. The van der Waals surface area contributed by atoms with Crippen LogP contribution in [0.3, 0.4) is 0 Å². The molecule has 3 aromatic rings. The van der Waals surface area contributed by atoms with Crippen LogP contribution in [0.4, 0.5) is 5.13 Å². The summed E-state index contributed by atoms with van der Waals surface area (Å²) in [5.74, 6) is 0.756. The number of morpholine rings is 1. The number of fused-ring (bicyclic) bond motifs is 1. The number of carbonyl (C=O) groups excluding carboxylic acids is 1. The zero-order valence-electron chi connectivity index (χ0n) is 17.7. The van der Waals surface area contributed by atoms with Crippen LogP contribution in [0.1, 0.15) is 21.5 Å². The monoisotopic (exact) mass is 425 g/mol. The van der Waals surface area contributed by atoms with Gasteiger partial charge in [0, 0.05) is 37.8 Å². The largest absolute Gasteiger partial charge is 0.497 e. The maximum absolute atomic E-state index is 13.6. The van der Waals surface area contributed by atoms with Gasteiger partial charge in [-0.1, -0.05) is 29.0 Å². The molecular weight excluding hydrogens is 398 g/mol. The maximum atomic E-state index is 13.6. The average molecular weight is 426 g/mol. The SMILES string of the molecule is COc1ccc2sc(N(CCN3CCOCC3)C(=O)c3ccc(C)cc3C)nc2c1. The second-order valence-corrected chi connectivity index (χ2v) is 8.57. The molecule has 0 N–H and O–H groups in total. The van der Waals surface area contributed by atoms with Gasteiger partial charge in [0.25, 0.3) is 5.91 Å². The maximum Gasteiger partial charge on any atom is 0.260 e. The van der Waals surface area contributed by atoms with Gasteiger partial charge in [-0.05, 0) is 37.6 Å². The molecule has 0 aliphatic carbocycles. The van der Waals surface area contributed by atoms with Gasteiger partial charge in [-0.15, -0.1) is 0 Å². The standard InChI is InChI=1S/C23H27N3O3S/c1-16-4-6-19(17(2)14-16)22(27)26(9-8-25-10-12-29-13-11-25)23-24-20-15-18(28-3)5-7-21(20)30-23/h4-7,14-15H,8-13H2,1-3H3. The van der Waals surface area contributed by atoms with Gasteiger partial charge in [0.15, 0.2) is 5.13 Å². The summed E-state index contributed by atoms with van der Waals surface area (Å²) in [6.07, 6.45) is 0. The number of hydrogen-bond acceptors (Lipinski definition) is 6. The molecule has 1 aliphatic heterocycles. The Labute approximate surface area is 181 Å². The smallest absolute Gasteiger partial charge is 0.260 e. The predicted octanol–water partition coefficient (Wildman–Crippen LogP) is 3.90. The van der Waals surface area contributed by atoms with Crippen molar-refractivity contribution in [1.29, 1.82) is 0 Å². The van der Waals surface area contributed by atoms with Crippen molar-refractivity contribution in [2.75, 3.05) is 51.4 Å². The van der Waals surface area contributed by atoms with Crippen LogP contribution in [-0.2, 0) is 4.74 Å². The molecule has 0 unspecified atom stereocenters. The van der Waals surface area contributed by atoms with Gasteiger partial charge >= 0.3 is 0 Å². The predicted molar refractivity (Wildman–Crippen MR) is 121 cm³/mol. The van der Waals surface area contributed by atoms with E-state index in [1.54, 1.807) is 7.11 Å². The Morgan fingerprint density at radius 3 is 2.73 bits per heavy atom. The van der Waals surface area contributed by atoms with Crippen LogP contribution in [0, 0.1) is 13.8 Å². The third kappa shape index (κ3) is 4.48. The van der Waals surface area contributed by atoms with Crippen LogP contribution in [0.15, 0.2) is 36.4 Å². The van der Waals surface area contributed by atoms with Crippen LogP contribution >= 0.6 is 11.3 Å². The quantitative estimate of drug-likeness (QED) is 0.600. The van der Waals surface area contributed by atoms with Gasteiger partial charge in [-0.2, -0.15) is 0 Å². The first kappa shape index (κ1) is 20.8. The summed E-state index contributed by atoms with van der Waals surface area (Å²) in [7, 11) is 1.65. The number of aromatic nitrogens is 1. The second kappa shape index (κ2) is 9.12. The number of anilines is 1. The van der Waals surface area contributed by atoms with E-state index in [0.29, 0.717) is 6.54 Å². The minimum atomic E-state index is -0.00761. The van der Waals surface area contributed by atoms with Crippen LogP contribution < -0.4 is 9.64 Å².